The number of carbonyl (C=O) groups excluding carboxylic acids is 1. The van der Waals surface area contributed by atoms with Gasteiger partial charge in [-0.1, -0.05) is 11.6 Å². The Labute approximate surface area is 127 Å². The minimum atomic E-state index is -0.224. The van der Waals surface area contributed by atoms with E-state index in [0.29, 0.717) is 22.1 Å². The van der Waals surface area contributed by atoms with Crippen LogP contribution in [0.5, 0.6) is 0 Å². The van der Waals surface area contributed by atoms with Gasteiger partial charge in [0.2, 0.25) is 0 Å². The Morgan fingerprint density at radius 3 is 2.86 bits per heavy atom. The van der Waals surface area contributed by atoms with E-state index in [1.807, 2.05) is 6.92 Å². The van der Waals surface area contributed by atoms with Gasteiger partial charge in [-0.3, -0.25) is 9.20 Å². The van der Waals surface area contributed by atoms with E-state index >= 15 is 0 Å². The highest BCUT2D eigenvalue weighted by Crippen LogP contribution is 2.20. The summed E-state index contributed by atoms with van der Waals surface area (Å²) in [5, 5.41) is 13.2. The van der Waals surface area contributed by atoms with Gasteiger partial charge in [-0.25, -0.2) is 4.98 Å². The van der Waals surface area contributed by atoms with Gasteiger partial charge in [-0.05, 0) is 38.7 Å². The van der Waals surface area contributed by atoms with Gasteiger partial charge in [-0.2, -0.15) is 0 Å². The highest BCUT2D eigenvalue weighted by Gasteiger charge is 2.23. The van der Waals surface area contributed by atoms with E-state index in [0.717, 1.165) is 25.7 Å². The monoisotopic (exact) mass is 307 g/mol. The number of hydrogen-bond donors (Lipinski definition) is 2. The molecule has 1 fully saturated rings. The van der Waals surface area contributed by atoms with Crippen molar-refractivity contribution in [2.75, 3.05) is 0 Å². The van der Waals surface area contributed by atoms with E-state index in [4.69, 9.17) is 11.6 Å². The number of aryl methyl sites for hydroxylation is 1. The van der Waals surface area contributed by atoms with Crippen molar-refractivity contribution in [3.8, 4) is 0 Å². The molecule has 0 spiro atoms. The Morgan fingerprint density at radius 2 is 2.14 bits per heavy atom. The summed E-state index contributed by atoms with van der Waals surface area (Å²) in [5.41, 5.74) is 1.91. The standard InChI is InChI=1S/C15H18ClN3O2/c1-9-14(19-7-6-10(16)8-13(19)17-9)15(21)18-11-2-4-12(20)5-3-11/h6-8,11-12,20H,2-5H2,1H3,(H,18,21). The first kappa shape index (κ1) is 14.4. The second-order valence-electron chi connectivity index (χ2n) is 5.60. The lowest BCUT2D eigenvalue weighted by atomic mass is 9.93. The van der Waals surface area contributed by atoms with Crippen molar-refractivity contribution in [3.63, 3.8) is 0 Å². The first-order valence-electron chi connectivity index (χ1n) is 7.17. The van der Waals surface area contributed by atoms with Crippen LogP contribution in [0.4, 0.5) is 0 Å². The summed E-state index contributed by atoms with van der Waals surface area (Å²) in [5.74, 6) is -0.122. The zero-order chi connectivity index (χ0) is 15.0. The van der Waals surface area contributed by atoms with Crippen LogP contribution in [0.15, 0.2) is 18.3 Å². The Balaban J connectivity index is 1.83. The quantitative estimate of drug-likeness (QED) is 0.895. The first-order valence-corrected chi connectivity index (χ1v) is 7.55. The molecule has 1 aliphatic carbocycles. The lowest BCUT2D eigenvalue weighted by Crippen LogP contribution is -2.39. The van der Waals surface area contributed by atoms with Crippen LogP contribution >= 0.6 is 11.6 Å². The number of aliphatic hydroxyl groups is 1. The molecular weight excluding hydrogens is 290 g/mol. The number of halogens is 1. The summed E-state index contributed by atoms with van der Waals surface area (Å²) >= 11 is 5.95. The molecule has 2 N–H and O–H groups in total. The van der Waals surface area contributed by atoms with Crippen LogP contribution in [0.3, 0.4) is 0 Å². The molecule has 5 nitrogen and oxygen atoms in total. The molecule has 0 bridgehead atoms. The second kappa shape index (κ2) is 5.66. The van der Waals surface area contributed by atoms with Crippen LogP contribution in [0.1, 0.15) is 41.9 Å². The number of aromatic nitrogens is 2. The lowest BCUT2D eigenvalue weighted by molar-refractivity contribution is 0.0862. The molecule has 2 heterocycles. The molecule has 0 saturated heterocycles. The molecule has 1 saturated carbocycles. The van der Waals surface area contributed by atoms with Crippen LogP contribution in [0.25, 0.3) is 5.65 Å². The summed E-state index contributed by atoms with van der Waals surface area (Å²) in [6.45, 7) is 1.82. The van der Waals surface area contributed by atoms with Crippen molar-refractivity contribution in [3.05, 3.63) is 34.7 Å². The SMILES string of the molecule is Cc1nc2cc(Cl)ccn2c1C(=O)NC1CCC(O)CC1. The number of carbonyl (C=O) groups is 1. The van der Waals surface area contributed by atoms with E-state index < -0.39 is 0 Å². The maximum absolute atomic E-state index is 12.5. The molecule has 2 aromatic rings. The van der Waals surface area contributed by atoms with E-state index in [2.05, 4.69) is 10.3 Å². The van der Waals surface area contributed by atoms with Gasteiger partial charge in [0, 0.05) is 23.3 Å². The van der Waals surface area contributed by atoms with Crippen molar-refractivity contribution in [1.82, 2.24) is 14.7 Å². The van der Waals surface area contributed by atoms with Gasteiger partial charge >= 0.3 is 0 Å². The second-order valence-corrected chi connectivity index (χ2v) is 6.03. The first-order chi connectivity index (χ1) is 10.0. The number of pyridine rings is 1. The molecule has 1 amide bonds. The van der Waals surface area contributed by atoms with E-state index in [1.165, 1.54) is 0 Å². The molecule has 0 radical (unpaired) electrons. The van der Waals surface area contributed by atoms with Gasteiger partial charge in [0.15, 0.2) is 0 Å². The summed E-state index contributed by atoms with van der Waals surface area (Å²) in [4.78, 5) is 16.9. The van der Waals surface area contributed by atoms with Crippen LogP contribution in [0.2, 0.25) is 5.02 Å². The smallest absolute Gasteiger partial charge is 0.270 e. The maximum Gasteiger partial charge on any atom is 0.270 e. The van der Waals surface area contributed by atoms with Crippen molar-refractivity contribution < 1.29 is 9.90 Å². The summed E-state index contributed by atoms with van der Waals surface area (Å²) in [7, 11) is 0. The predicted molar refractivity (Wildman–Crippen MR) is 80.7 cm³/mol. The molecule has 6 heteroatoms. The molecule has 0 aromatic carbocycles. The number of fused-ring (bicyclic) bond motifs is 1. The van der Waals surface area contributed by atoms with Crippen LogP contribution in [0, 0.1) is 6.92 Å². The summed E-state index contributed by atoms with van der Waals surface area (Å²) in [6.07, 6.45) is 4.65. The number of rotatable bonds is 2. The topological polar surface area (TPSA) is 66.6 Å². The molecule has 3 rings (SSSR count). The molecule has 0 atom stereocenters. The van der Waals surface area contributed by atoms with Crippen molar-refractivity contribution in [1.29, 1.82) is 0 Å². The summed E-state index contributed by atoms with van der Waals surface area (Å²) < 4.78 is 1.76. The molecule has 112 valence electrons. The molecule has 2 aromatic heterocycles. The minimum absolute atomic E-state index is 0.122. The largest absolute Gasteiger partial charge is 0.393 e. The molecule has 0 aliphatic heterocycles. The number of amides is 1. The normalized spacial score (nSPS) is 22.4. The Hall–Kier alpha value is -1.59. The molecule has 0 unspecified atom stereocenters. The van der Waals surface area contributed by atoms with E-state index in [-0.39, 0.29) is 18.1 Å². The summed E-state index contributed by atoms with van der Waals surface area (Å²) in [6, 6.07) is 3.60. The van der Waals surface area contributed by atoms with Crippen molar-refractivity contribution in [2.24, 2.45) is 0 Å². The average Bonchev–Trinajstić information content (AvgIpc) is 2.76. The van der Waals surface area contributed by atoms with Gasteiger partial charge in [0.1, 0.15) is 11.3 Å². The fourth-order valence-electron chi connectivity index (χ4n) is 2.89. The molecule has 21 heavy (non-hydrogen) atoms. The van der Waals surface area contributed by atoms with E-state index in [1.54, 1.807) is 22.7 Å². The highest BCUT2D eigenvalue weighted by atomic mass is 35.5. The zero-order valence-corrected chi connectivity index (χ0v) is 12.6. The van der Waals surface area contributed by atoms with Crippen LogP contribution < -0.4 is 5.32 Å². The van der Waals surface area contributed by atoms with Crippen LogP contribution in [-0.2, 0) is 0 Å². The Morgan fingerprint density at radius 1 is 1.43 bits per heavy atom. The highest BCUT2D eigenvalue weighted by molar-refractivity contribution is 6.30. The Kier molecular flexibility index (Phi) is 3.87. The van der Waals surface area contributed by atoms with Gasteiger partial charge in [0.05, 0.1) is 11.8 Å². The number of nitrogens with zero attached hydrogens (tertiary/aromatic N) is 2. The molecule has 1 aliphatic rings. The Bertz CT molecular complexity index is 675. The number of hydrogen-bond acceptors (Lipinski definition) is 3. The number of nitrogens with one attached hydrogen (secondary N) is 1. The molecular formula is C15H18ClN3O2. The number of aliphatic hydroxyl groups excluding tert-OH is 1. The van der Waals surface area contributed by atoms with Crippen molar-refractivity contribution >= 4 is 23.2 Å². The lowest BCUT2D eigenvalue weighted by Gasteiger charge is -2.26. The third-order valence-electron chi connectivity index (χ3n) is 4.01. The minimum Gasteiger partial charge on any atom is -0.393 e. The fourth-order valence-corrected chi connectivity index (χ4v) is 3.04. The predicted octanol–water partition coefficient (Wildman–Crippen LogP) is 2.33. The number of imidazole rings is 1. The third kappa shape index (κ3) is 2.89. The third-order valence-corrected chi connectivity index (χ3v) is 4.24. The van der Waals surface area contributed by atoms with E-state index in [9.17, 15) is 9.90 Å². The van der Waals surface area contributed by atoms with Gasteiger partial charge in [-0.15, -0.1) is 0 Å². The van der Waals surface area contributed by atoms with Crippen molar-refractivity contribution in [2.45, 2.75) is 44.8 Å². The van der Waals surface area contributed by atoms with Gasteiger partial charge in [0.25, 0.3) is 5.91 Å². The maximum atomic E-state index is 12.5. The van der Waals surface area contributed by atoms with Crippen LogP contribution in [-0.4, -0.2) is 32.5 Å². The average molecular weight is 308 g/mol. The van der Waals surface area contributed by atoms with Gasteiger partial charge < -0.3 is 10.4 Å². The fraction of sp³-hybridized carbons (Fsp3) is 0.467. The zero-order valence-electron chi connectivity index (χ0n) is 11.8.